The summed E-state index contributed by atoms with van der Waals surface area (Å²) >= 11 is 0. The van der Waals surface area contributed by atoms with Gasteiger partial charge in [0.15, 0.2) is 0 Å². The van der Waals surface area contributed by atoms with Gasteiger partial charge in [0.25, 0.3) is 0 Å². The summed E-state index contributed by atoms with van der Waals surface area (Å²) in [4.78, 5) is 0. The van der Waals surface area contributed by atoms with E-state index in [0.29, 0.717) is 5.75 Å². The van der Waals surface area contributed by atoms with Gasteiger partial charge in [-0.25, -0.2) is 8.42 Å². The number of rotatable bonds is 1. The molecule has 11 heavy (non-hydrogen) atoms. The first-order valence-corrected chi connectivity index (χ1v) is 5.57. The summed E-state index contributed by atoms with van der Waals surface area (Å²) in [5.74, 6) is 0.326. The molecular formula is C7H15NO2S. The number of sulfonamides is 1. The van der Waals surface area contributed by atoms with Crippen LogP contribution in [0.3, 0.4) is 0 Å². The Kier molecular flexibility index (Phi) is 2.25. The average Bonchev–Trinajstić information content (AvgIpc) is 2.06. The van der Waals surface area contributed by atoms with Crippen LogP contribution in [0.25, 0.3) is 0 Å². The fourth-order valence-corrected chi connectivity index (χ4v) is 3.80. The third-order valence-electron chi connectivity index (χ3n) is 2.06. The molecule has 0 radical (unpaired) electrons. The summed E-state index contributed by atoms with van der Waals surface area (Å²) in [6, 6.07) is 0.303. The van der Waals surface area contributed by atoms with Gasteiger partial charge in [-0.15, -0.1) is 0 Å². The Labute approximate surface area is 68.4 Å². The standard InChI is InChI=1S/C7H15NO2S/c1-6(2)8-7(3)4-5-11(8,9)10/h6-7H,4-5H2,1-3H3. The van der Waals surface area contributed by atoms with E-state index in [0.717, 1.165) is 6.42 Å². The summed E-state index contributed by atoms with van der Waals surface area (Å²) in [6.45, 7) is 5.79. The molecule has 0 saturated carbocycles. The summed E-state index contributed by atoms with van der Waals surface area (Å²) in [5, 5.41) is 0. The van der Waals surface area contributed by atoms with Crippen LogP contribution in [-0.4, -0.2) is 30.6 Å². The molecule has 0 bridgehead atoms. The second-order valence-electron chi connectivity index (χ2n) is 3.38. The van der Waals surface area contributed by atoms with Gasteiger partial charge in [0, 0.05) is 12.1 Å². The normalized spacial score (nSPS) is 31.5. The maximum atomic E-state index is 11.3. The van der Waals surface area contributed by atoms with Crippen LogP contribution in [-0.2, 0) is 10.0 Å². The topological polar surface area (TPSA) is 37.4 Å². The largest absolute Gasteiger partial charge is 0.214 e. The van der Waals surface area contributed by atoms with E-state index in [9.17, 15) is 8.42 Å². The average molecular weight is 177 g/mol. The predicted octanol–water partition coefficient (Wildman–Crippen LogP) is 0.819. The molecule has 0 N–H and O–H groups in total. The van der Waals surface area contributed by atoms with Crippen LogP contribution in [0.1, 0.15) is 27.2 Å². The lowest BCUT2D eigenvalue weighted by Gasteiger charge is -2.23. The molecule has 66 valence electrons. The van der Waals surface area contributed by atoms with Crippen LogP contribution in [0.4, 0.5) is 0 Å². The molecule has 1 aliphatic rings. The van der Waals surface area contributed by atoms with E-state index in [-0.39, 0.29) is 12.1 Å². The van der Waals surface area contributed by atoms with Gasteiger partial charge in [0.2, 0.25) is 10.0 Å². The quantitative estimate of drug-likeness (QED) is 0.594. The van der Waals surface area contributed by atoms with Crippen LogP contribution in [0.5, 0.6) is 0 Å². The molecule has 1 rings (SSSR count). The molecule has 0 amide bonds. The Morgan fingerprint density at radius 3 is 2.18 bits per heavy atom. The molecule has 0 spiro atoms. The van der Waals surface area contributed by atoms with Gasteiger partial charge in [0.1, 0.15) is 0 Å². The van der Waals surface area contributed by atoms with Crippen LogP contribution in [0, 0.1) is 0 Å². The lowest BCUT2D eigenvalue weighted by atomic mass is 10.2. The number of hydrogen-bond donors (Lipinski definition) is 0. The molecule has 3 nitrogen and oxygen atoms in total. The van der Waals surface area contributed by atoms with Crippen LogP contribution in [0.15, 0.2) is 0 Å². The highest BCUT2D eigenvalue weighted by atomic mass is 32.2. The lowest BCUT2D eigenvalue weighted by Crippen LogP contribution is -2.37. The smallest absolute Gasteiger partial charge is 0.212 e. The summed E-state index contributed by atoms with van der Waals surface area (Å²) in [6.07, 6.45) is 0.778. The Morgan fingerprint density at radius 1 is 1.45 bits per heavy atom. The first-order valence-electron chi connectivity index (χ1n) is 3.96. The van der Waals surface area contributed by atoms with Crippen molar-refractivity contribution in [3.8, 4) is 0 Å². The fraction of sp³-hybridized carbons (Fsp3) is 1.00. The van der Waals surface area contributed by atoms with Crippen molar-refractivity contribution in [2.45, 2.75) is 39.3 Å². The van der Waals surface area contributed by atoms with E-state index < -0.39 is 10.0 Å². The SMILES string of the molecule is CC(C)N1C(C)CCS1(=O)=O. The van der Waals surface area contributed by atoms with Crippen molar-refractivity contribution < 1.29 is 8.42 Å². The van der Waals surface area contributed by atoms with Gasteiger partial charge in [-0.05, 0) is 27.2 Å². The Bertz CT molecular complexity index is 233. The summed E-state index contributed by atoms with van der Waals surface area (Å²) < 4.78 is 24.3. The monoisotopic (exact) mass is 177 g/mol. The van der Waals surface area contributed by atoms with Crippen molar-refractivity contribution in [3.63, 3.8) is 0 Å². The lowest BCUT2D eigenvalue weighted by molar-refractivity contribution is 0.309. The maximum Gasteiger partial charge on any atom is 0.214 e. The second kappa shape index (κ2) is 2.75. The van der Waals surface area contributed by atoms with Gasteiger partial charge < -0.3 is 0 Å². The van der Waals surface area contributed by atoms with Gasteiger partial charge in [-0.2, -0.15) is 4.31 Å². The molecule has 0 aromatic carbocycles. The summed E-state index contributed by atoms with van der Waals surface area (Å²) in [5.41, 5.74) is 0. The van der Waals surface area contributed by atoms with Gasteiger partial charge >= 0.3 is 0 Å². The molecule has 1 heterocycles. The van der Waals surface area contributed by atoms with Gasteiger partial charge in [-0.1, -0.05) is 0 Å². The van der Waals surface area contributed by atoms with E-state index in [1.54, 1.807) is 4.31 Å². The van der Waals surface area contributed by atoms with Crippen molar-refractivity contribution in [3.05, 3.63) is 0 Å². The Hall–Kier alpha value is -0.0900. The van der Waals surface area contributed by atoms with Crippen LogP contribution < -0.4 is 0 Å². The third-order valence-corrected chi connectivity index (χ3v) is 4.23. The van der Waals surface area contributed by atoms with Crippen molar-refractivity contribution in [1.82, 2.24) is 4.31 Å². The zero-order valence-corrected chi connectivity index (χ0v) is 8.06. The van der Waals surface area contributed by atoms with E-state index in [4.69, 9.17) is 0 Å². The molecule has 1 saturated heterocycles. The first kappa shape index (κ1) is 9.00. The van der Waals surface area contributed by atoms with Crippen molar-refractivity contribution >= 4 is 10.0 Å². The Morgan fingerprint density at radius 2 is 2.00 bits per heavy atom. The van der Waals surface area contributed by atoms with E-state index >= 15 is 0 Å². The molecule has 0 aromatic heterocycles. The molecule has 4 heteroatoms. The minimum Gasteiger partial charge on any atom is -0.212 e. The van der Waals surface area contributed by atoms with E-state index in [1.165, 1.54) is 0 Å². The van der Waals surface area contributed by atoms with Crippen molar-refractivity contribution in [2.24, 2.45) is 0 Å². The molecule has 1 atom stereocenters. The van der Waals surface area contributed by atoms with Crippen molar-refractivity contribution in [2.75, 3.05) is 5.75 Å². The van der Waals surface area contributed by atoms with Gasteiger partial charge in [0.05, 0.1) is 5.75 Å². The van der Waals surface area contributed by atoms with E-state index in [1.807, 2.05) is 20.8 Å². The molecular weight excluding hydrogens is 162 g/mol. The highest BCUT2D eigenvalue weighted by Gasteiger charge is 2.35. The molecule has 0 aromatic rings. The Balaban J connectivity index is 2.90. The highest BCUT2D eigenvalue weighted by Crippen LogP contribution is 2.22. The molecule has 1 fully saturated rings. The predicted molar refractivity (Wildman–Crippen MR) is 44.8 cm³/mol. The second-order valence-corrected chi connectivity index (χ2v) is 5.37. The van der Waals surface area contributed by atoms with Crippen molar-refractivity contribution in [1.29, 1.82) is 0 Å². The maximum absolute atomic E-state index is 11.3. The zero-order chi connectivity index (χ0) is 8.65. The van der Waals surface area contributed by atoms with Gasteiger partial charge in [-0.3, -0.25) is 0 Å². The number of nitrogens with zero attached hydrogens (tertiary/aromatic N) is 1. The minimum atomic E-state index is -2.90. The molecule has 1 unspecified atom stereocenters. The fourth-order valence-electron chi connectivity index (χ4n) is 1.66. The zero-order valence-electron chi connectivity index (χ0n) is 7.24. The third kappa shape index (κ3) is 1.56. The van der Waals surface area contributed by atoms with Crippen LogP contribution >= 0.6 is 0 Å². The minimum absolute atomic E-state index is 0.109. The molecule has 1 aliphatic heterocycles. The first-order chi connectivity index (χ1) is 4.95. The summed E-state index contributed by atoms with van der Waals surface area (Å²) in [7, 11) is -2.90. The van der Waals surface area contributed by atoms with E-state index in [2.05, 4.69) is 0 Å². The van der Waals surface area contributed by atoms with Crippen LogP contribution in [0.2, 0.25) is 0 Å². The molecule has 0 aliphatic carbocycles. The highest BCUT2D eigenvalue weighted by molar-refractivity contribution is 7.89. The number of hydrogen-bond acceptors (Lipinski definition) is 2.